The maximum Gasteiger partial charge on any atom is 0.291 e. The molecule has 0 saturated carbocycles. The second-order valence-corrected chi connectivity index (χ2v) is 7.57. The molecular weight excluding hydrogens is 390 g/mol. The number of anilines is 1. The highest BCUT2D eigenvalue weighted by Crippen LogP contribution is 2.13. The van der Waals surface area contributed by atoms with Crippen molar-refractivity contribution in [3.63, 3.8) is 0 Å². The molecule has 2 aromatic carbocycles. The molecule has 31 heavy (non-hydrogen) atoms. The molecule has 0 unspecified atom stereocenters. The number of nitrogens with zero attached hydrogens (tertiary/aromatic N) is 1. The number of rotatable bonds is 6. The molecule has 1 aliphatic rings. The van der Waals surface area contributed by atoms with Crippen LogP contribution in [0.4, 0.5) is 5.69 Å². The Labute approximate surface area is 181 Å². The highest BCUT2D eigenvalue weighted by Gasteiger charge is 2.23. The molecular formula is C25H26N3O3+. The Morgan fingerprint density at radius 2 is 1.71 bits per heavy atom. The Balaban J connectivity index is 1.25. The van der Waals surface area contributed by atoms with Crippen LogP contribution in [-0.2, 0) is 0 Å². The number of benzene rings is 2. The smallest absolute Gasteiger partial charge is 0.291 e. The monoisotopic (exact) mass is 416 g/mol. The summed E-state index contributed by atoms with van der Waals surface area (Å²) in [5, 5.41) is 2.76. The Morgan fingerprint density at radius 3 is 2.39 bits per heavy atom. The van der Waals surface area contributed by atoms with Crippen molar-refractivity contribution >= 4 is 23.6 Å². The van der Waals surface area contributed by atoms with Gasteiger partial charge in [-0.3, -0.25) is 9.59 Å². The van der Waals surface area contributed by atoms with Gasteiger partial charge in [0.1, 0.15) is 0 Å². The van der Waals surface area contributed by atoms with E-state index >= 15 is 0 Å². The number of hydrogen-bond donors (Lipinski definition) is 2. The van der Waals surface area contributed by atoms with Crippen LogP contribution < -0.4 is 10.2 Å². The fraction of sp³-hybridized carbons (Fsp3) is 0.200. The molecule has 3 aromatic rings. The van der Waals surface area contributed by atoms with Crippen LogP contribution in [0.5, 0.6) is 0 Å². The average molecular weight is 417 g/mol. The minimum absolute atomic E-state index is 0.0304. The van der Waals surface area contributed by atoms with E-state index in [1.807, 2.05) is 23.1 Å². The van der Waals surface area contributed by atoms with Crippen molar-refractivity contribution in [2.24, 2.45) is 0 Å². The van der Waals surface area contributed by atoms with Gasteiger partial charge in [0.25, 0.3) is 11.8 Å². The molecule has 0 atom stereocenters. The first-order chi connectivity index (χ1) is 15.2. The lowest BCUT2D eigenvalue weighted by molar-refractivity contribution is -0.898. The molecule has 1 fully saturated rings. The number of carbonyl (C=O) groups is 2. The highest BCUT2D eigenvalue weighted by atomic mass is 16.3. The molecule has 4 rings (SSSR count). The summed E-state index contributed by atoms with van der Waals surface area (Å²) in [5.41, 5.74) is 2.46. The van der Waals surface area contributed by atoms with Crippen molar-refractivity contribution in [1.82, 2.24) is 4.90 Å². The second kappa shape index (κ2) is 9.91. The standard InChI is InChI=1S/C25H25N3O3/c29-24(23-9-5-19-31-23)26-22-12-10-21(11-13-22)25(30)28-17-15-27(16-18-28)14-4-8-20-6-2-1-3-7-20/h1-13,19H,14-18H2,(H,26,29)/p+1/b8-4+. The van der Waals surface area contributed by atoms with Crippen molar-refractivity contribution < 1.29 is 18.9 Å². The van der Waals surface area contributed by atoms with E-state index in [1.165, 1.54) is 16.7 Å². The van der Waals surface area contributed by atoms with E-state index in [2.05, 4.69) is 29.6 Å². The number of piperazine rings is 1. The topological polar surface area (TPSA) is 67.0 Å². The third kappa shape index (κ3) is 5.49. The van der Waals surface area contributed by atoms with Crippen LogP contribution in [0.3, 0.4) is 0 Å². The lowest BCUT2D eigenvalue weighted by atomic mass is 10.1. The van der Waals surface area contributed by atoms with Crippen molar-refractivity contribution in [2.45, 2.75) is 0 Å². The molecule has 0 bridgehead atoms. The summed E-state index contributed by atoms with van der Waals surface area (Å²) in [6.45, 7) is 4.31. The quantitative estimate of drug-likeness (QED) is 0.649. The number of furan rings is 1. The van der Waals surface area contributed by atoms with Crippen LogP contribution >= 0.6 is 0 Å². The van der Waals surface area contributed by atoms with Crippen LogP contribution in [0, 0.1) is 0 Å². The molecule has 6 nitrogen and oxygen atoms in total. The molecule has 0 radical (unpaired) electrons. The van der Waals surface area contributed by atoms with Gasteiger partial charge in [0.15, 0.2) is 5.76 Å². The summed E-state index contributed by atoms with van der Waals surface area (Å²) in [7, 11) is 0. The van der Waals surface area contributed by atoms with E-state index in [4.69, 9.17) is 4.42 Å². The Morgan fingerprint density at radius 1 is 0.968 bits per heavy atom. The minimum Gasteiger partial charge on any atom is -0.459 e. The molecule has 1 aliphatic heterocycles. The molecule has 0 spiro atoms. The zero-order chi connectivity index (χ0) is 21.5. The number of amides is 2. The van der Waals surface area contributed by atoms with Crippen LogP contribution in [0.25, 0.3) is 6.08 Å². The SMILES string of the molecule is O=C(Nc1ccc(C(=O)N2CC[NH+](C/C=C/c3ccccc3)CC2)cc1)c1ccco1. The molecule has 158 valence electrons. The summed E-state index contributed by atoms with van der Waals surface area (Å²) in [6, 6.07) is 20.5. The van der Waals surface area contributed by atoms with Crippen LogP contribution in [0.15, 0.2) is 83.5 Å². The summed E-state index contributed by atoms with van der Waals surface area (Å²) < 4.78 is 5.09. The van der Waals surface area contributed by atoms with Crippen molar-refractivity contribution in [2.75, 3.05) is 38.0 Å². The maximum absolute atomic E-state index is 12.8. The predicted molar refractivity (Wildman–Crippen MR) is 120 cm³/mol. The Bertz CT molecular complexity index is 1020. The molecule has 2 heterocycles. The fourth-order valence-electron chi connectivity index (χ4n) is 3.64. The largest absolute Gasteiger partial charge is 0.459 e. The first kappa shape index (κ1) is 20.6. The lowest BCUT2D eigenvalue weighted by Crippen LogP contribution is -3.14. The number of nitrogens with one attached hydrogen (secondary N) is 2. The first-order valence-electron chi connectivity index (χ1n) is 10.5. The first-order valence-corrected chi connectivity index (χ1v) is 10.5. The normalized spacial score (nSPS) is 14.6. The molecule has 0 aliphatic carbocycles. The number of quaternary nitrogens is 1. The van der Waals surface area contributed by atoms with Gasteiger partial charge in [-0.05, 0) is 48.0 Å². The van der Waals surface area contributed by atoms with Gasteiger partial charge in [-0.15, -0.1) is 0 Å². The van der Waals surface area contributed by atoms with E-state index in [1.54, 1.807) is 36.4 Å². The van der Waals surface area contributed by atoms with Crippen molar-refractivity contribution in [3.8, 4) is 0 Å². The predicted octanol–water partition coefficient (Wildman–Crippen LogP) is 2.59. The highest BCUT2D eigenvalue weighted by molar-refractivity contribution is 6.02. The van der Waals surface area contributed by atoms with E-state index < -0.39 is 0 Å². The summed E-state index contributed by atoms with van der Waals surface area (Å²) in [6.07, 6.45) is 5.81. The van der Waals surface area contributed by atoms with E-state index in [0.29, 0.717) is 11.3 Å². The zero-order valence-electron chi connectivity index (χ0n) is 17.3. The van der Waals surface area contributed by atoms with Gasteiger partial charge in [-0.2, -0.15) is 0 Å². The molecule has 1 saturated heterocycles. The van der Waals surface area contributed by atoms with Gasteiger partial charge < -0.3 is 19.5 Å². The molecule has 2 amide bonds. The summed E-state index contributed by atoms with van der Waals surface area (Å²) in [5.74, 6) is -0.0357. The number of carbonyl (C=O) groups excluding carboxylic acids is 2. The van der Waals surface area contributed by atoms with Gasteiger partial charge in [-0.1, -0.05) is 36.4 Å². The zero-order valence-corrected chi connectivity index (χ0v) is 17.3. The Hall–Kier alpha value is -3.64. The van der Waals surface area contributed by atoms with Gasteiger partial charge in [0, 0.05) is 11.3 Å². The minimum atomic E-state index is -0.315. The van der Waals surface area contributed by atoms with Gasteiger partial charge in [-0.25, -0.2) is 0 Å². The third-order valence-electron chi connectivity index (χ3n) is 5.41. The molecule has 1 aromatic heterocycles. The van der Waals surface area contributed by atoms with E-state index in [0.717, 1.165) is 32.7 Å². The van der Waals surface area contributed by atoms with Gasteiger partial charge in [0.2, 0.25) is 0 Å². The van der Waals surface area contributed by atoms with Crippen molar-refractivity contribution in [1.29, 1.82) is 0 Å². The van der Waals surface area contributed by atoms with Crippen molar-refractivity contribution in [3.05, 3.63) is 96.0 Å². The second-order valence-electron chi connectivity index (χ2n) is 7.57. The maximum atomic E-state index is 12.8. The van der Waals surface area contributed by atoms with Crippen LogP contribution in [0.1, 0.15) is 26.5 Å². The van der Waals surface area contributed by atoms with Gasteiger partial charge >= 0.3 is 0 Å². The number of hydrogen-bond acceptors (Lipinski definition) is 3. The van der Waals surface area contributed by atoms with E-state index in [9.17, 15) is 9.59 Å². The molecule has 6 heteroatoms. The van der Waals surface area contributed by atoms with Crippen LogP contribution in [-0.4, -0.2) is 49.4 Å². The van der Waals surface area contributed by atoms with Gasteiger partial charge in [0.05, 0.1) is 39.0 Å². The Kier molecular flexibility index (Phi) is 6.59. The van der Waals surface area contributed by atoms with Crippen LogP contribution in [0.2, 0.25) is 0 Å². The average Bonchev–Trinajstić information content (AvgIpc) is 3.36. The lowest BCUT2D eigenvalue weighted by Gasteiger charge is -2.31. The van der Waals surface area contributed by atoms with E-state index in [-0.39, 0.29) is 17.6 Å². The summed E-state index contributed by atoms with van der Waals surface area (Å²) in [4.78, 5) is 28.2. The third-order valence-corrected chi connectivity index (χ3v) is 5.41. The fourth-order valence-corrected chi connectivity index (χ4v) is 3.64. The summed E-state index contributed by atoms with van der Waals surface area (Å²) >= 11 is 0. The molecule has 2 N–H and O–H groups in total.